The van der Waals surface area contributed by atoms with Crippen LogP contribution < -0.4 is 10.2 Å². The molecule has 0 bridgehead atoms. The molecule has 0 spiro atoms. The number of rotatable bonds is 9. The van der Waals surface area contributed by atoms with Crippen molar-refractivity contribution in [2.45, 2.75) is 11.5 Å². The summed E-state index contributed by atoms with van der Waals surface area (Å²) in [5, 5.41) is 5.90. The zero-order valence-corrected chi connectivity index (χ0v) is 25.7. The van der Waals surface area contributed by atoms with Crippen LogP contribution in [0.4, 0.5) is 11.4 Å². The van der Waals surface area contributed by atoms with Gasteiger partial charge in [-0.25, -0.2) is 4.98 Å². The van der Waals surface area contributed by atoms with E-state index in [4.69, 9.17) is 0 Å². The maximum atomic E-state index is 12.8. The molecule has 6 aromatic rings. The number of H-pyrrole nitrogens is 1. The average molecular weight is 610 g/mol. The fourth-order valence-electron chi connectivity index (χ4n) is 6.61. The summed E-state index contributed by atoms with van der Waals surface area (Å²) >= 11 is 1.51. The van der Waals surface area contributed by atoms with E-state index >= 15 is 0 Å². The number of nitrogens with one attached hydrogen (secondary N) is 2. The molecule has 1 saturated heterocycles. The van der Waals surface area contributed by atoms with Gasteiger partial charge in [0.05, 0.1) is 34.6 Å². The molecule has 4 aromatic carbocycles. The van der Waals surface area contributed by atoms with Crippen LogP contribution in [-0.2, 0) is 5.41 Å². The number of piperazine rings is 1. The number of hydrogen-bond donors (Lipinski definition) is 2. The Bertz CT molecular complexity index is 1690. The van der Waals surface area contributed by atoms with Gasteiger partial charge in [0.25, 0.3) is 5.91 Å². The van der Waals surface area contributed by atoms with Gasteiger partial charge >= 0.3 is 0 Å². The van der Waals surface area contributed by atoms with Crippen LogP contribution in [0, 0.1) is 0 Å². The second kappa shape index (κ2) is 12.8. The van der Waals surface area contributed by atoms with Crippen LogP contribution in [0.2, 0.25) is 0 Å². The molecule has 1 aliphatic rings. The van der Waals surface area contributed by atoms with E-state index in [1.165, 1.54) is 28.0 Å². The molecule has 7 heteroatoms. The minimum atomic E-state index is -0.583. The number of aromatic nitrogens is 2. The molecule has 2 aromatic heterocycles. The predicted molar refractivity (Wildman–Crippen MR) is 183 cm³/mol. The average Bonchev–Trinajstić information content (AvgIpc) is 3.86. The van der Waals surface area contributed by atoms with Crippen LogP contribution in [0.25, 0.3) is 0 Å². The van der Waals surface area contributed by atoms with Crippen molar-refractivity contribution in [2.24, 2.45) is 0 Å². The van der Waals surface area contributed by atoms with Crippen molar-refractivity contribution in [1.82, 2.24) is 14.9 Å². The van der Waals surface area contributed by atoms with Crippen molar-refractivity contribution in [2.75, 3.05) is 36.4 Å². The molecule has 3 heterocycles. The quantitative estimate of drug-likeness (QED) is 0.166. The normalized spacial score (nSPS) is 14.2. The maximum Gasteiger partial charge on any atom is 0.264 e. The van der Waals surface area contributed by atoms with Crippen LogP contribution in [0.5, 0.6) is 0 Å². The van der Waals surface area contributed by atoms with Crippen molar-refractivity contribution in [3.8, 4) is 0 Å². The second-order valence-electron chi connectivity index (χ2n) is 11.3. The number of thiophene rings is 1. The highest BCUT2D eigenvalue weighted by atomic mass is 32.1. The number of hydrogen-bond acceptors (Lipinski definition) is 5. The molecule has 0 aliphatic carbocycles. The first kappa shape index (κ1) is 28.6. The molecule has 0 saturated carbocycles. The molecule has 45 heavy (non-hydrogen) atoms. The number of amides is 1. The van der Waals surface area contributed by atoms with Gasteiger partial charge in [-0.3, -0.25) is 4.79 Å². The lowest BCUT2D eigenvalue weighted by molar-refractivity contribution is 0.0751. The molecule has 224 valence electrons. The summed E-state index contributed by atoms with van der Waals surface area (Å²) in [4.78, 5) is 25.9. The van der Waals surface area contributed by atoms with Crippen molar-refractivity contribution >= 4 is 28.6 Å². The Hall–Kier alpha value is -5.14. The van der Waals surface area contributed by atoms with E-state index in [-0.39, 0.29) is 11.9 Å². The van der Waals surface area contributed by atoms with Crippen LogP contribution in [-0.4, -0.2) is 47.0 Å². The van der Waals surface area contributed by atoms with E-state index in [9.17, 15) is 4.79 Å². The van der Waals surface area contributed by atoms with Gasteiger partial charge in [-0.2, -0.15) is 0 Å². The van der Waals surface area contributed by atoms with E-state index in [2.05, 4.69) is 135 Å². The number of nitrogens with zero attached hydrogens (tertiary/aromatic N) is 3. The fourth-order valence-corrected chi connectivity index (χ4v) is 7.30. The summed E-state index contributed by atoms with van der Waals surface area (Å²) in [5.74, 6) is 0.132. The van der Waals surface area contributed by atoms with Gasteiger partial charge in [0.1, 0.15) is 0 Å². The molecule has 1 aliphatic heterocycles. The lowest BCUT2D eigenvalue weighted by Crippen LogP contribution is -2.48. The van der Waals surface area contributed by atoms with Crippen molar-refractivity contribution in [3.63, 3.8) is 0 Å². The highest BCUT2D eigenvalue weighted by Crippen LogP contribution is 2.49. The van der Waals surface area contributed by atoms with E-state index in [1.807, 2.05) is 28.6 Å². The zero-order valence-electron chi connectivity index (χ0n) is 24.9. The van der Waals surface area contributed by atoms with Crippen LogP contribution in [0.1, 0.15) is 38.1 Å². The largest absolute Gasteiger partial charge is 0.375 e. The first-order chi connectivity index (χ1) is 22.2. The minimum Gasteiger partial charge on any atom is -0.375 e. The monoisotopic (exact) mass is 609 g/mol. The fraction of sp³-hybridized carbons (Fsp3) is 0.158. The van der Waals surface area contributed by atoms with E-state index < -0.39 is 5.41 Å². The Morgan fingerprint density at radius 2 is 1.31 bits per heavy atom. The van der Waals surface area contributed by atoms with Crippen LogP contribution in [0.3, 0.4) is 0 Å². The van der Waals surface area contributed by atoms with E-state index in [0.29, 0.717) is 13.1 Å². The minimum absolute atomic E-state index is 0.132. The molecule has 1 unspecified atom stereocenters. The first-order valence-electron chi connectivity index (χ1n) is 15.3. The van der Waals surface area contributed by atoms with Gasteiger partial charge in [0, 0.05) is 37.6 Å². The third-order valence-corrected chi connectivity index (χ3v) is 9.65. The van der Waals surface area contributed by atoms with Gasteiger partial charge in [-0.15, -0.1) is 11.3 Å². The summed E-state index contributed by atoms with van der Waals surface area (Å²) in [5.41, 5.74) is 6.12. The summed E-state index contributed by atoms with van der Waals surface area (Å²) in [6, 6.07) is 44.5. The topological polar surface area (TPSA) is 64.3 Å². The molecule has 1 atom stereocenters. The van der Waals surface area contributed by atoms with Gasteiger partial charge < -0.3 is 20.1 Å². The third kappa shape index (κ3) is 5.63. The number of benzene rings is 4. The third-order valence-electron chi connectivity index (χ3n) is 8.79. The molecule has 2 N–H and O–H groups in total. The first-order valence-corrected chi connectivity index (χ1v) is 16.2. The van der Waals surface area contributed by atoms with Crippen molar-refractivity contribution < 1.29 is 4.79 Å². The molecule has 1 fully saturated rings. The molecule has 1 amide bonds. The Balaban J connectivity index is 1.22. The van der Waals surface area contributed by atoms with Gasteiger partial charge in [0.15, 0.2) is 0 Å². The van der Waals surface area contributed by atoms with E-state index in [1.54, 1.807) is 6.33 Å². The molecule has 7 rings (SSSR count). The lowest BCUT2D eigenvalue weighted by atomic mass is 9.63. The lowest BCUT2D eigenvalue weighted by Gasteiger charge is -2.43. The molecular weight excluding hydrogens is 575 g/mol. The Labute approximate surface area is 268 Å². The number of carbonyl (C=O) groups is 1. The number of anilines is 2. The van der Waals surface area contributed by atoms with E-state index in [0.717, 1.165) is 35.0 Å². The van der Waals surface area contributed by atoms with Crippen molar-refractivity contribution in [1.29, 1.82) is 0 Å². The number of imidazole rings is 1. The highest BCUT2D eigenvalue weighted by Gasteiger charge is 2.45. The number of aromatic amines is 1. The summed E-state index contributed by atoms with van der Waals surface area (Å²) in [7, 11) is 0. The Morgan fingerprint density at radius 1 is 0.733 bits per heavy atom. The Kier molecular flexibility index (Phi) is 8.17. The second-order valence-corrected chi connectivity index (χ2v) is 12.2. The summed E-state index contributed by atoms with van der Waals surface area (Å²) < 4.78 is 0. The molecular formula is C38H35N5OS. The summed E-state index contributed by atoms with van der Waals surface area (Å²) in [6.07, 6.45) is 3.67. The van der Waals surface area contributed by atoms with Crippen LogP contribution in [0.15, 0.2) is 145 Å². The molecule has 6 nitrogen and oxygen atoms in total. The van der Waals surface area contributed by atoms with Gasteiger partial charge in [0.2, 0.25) is 0 Å². The molecule has 0 radical (unpaired) electrons. The number of carbonyl (C=O) groups excluding carboxylic acids is 1. The SMILES string of the molecule is O=C(c1cccs1)N1CCN(c2ccc(NC(c3cnc[nH]3)C(c3ccccc3)(c3ccccc3)c3ccccc3)cc2)CC1. The predicted octanol–water partition coefficient (Wildman–Crippen LogP) is 7.62. The summed E-state index contributed by atoms with van der Waals surface area (Å²) in [6.45, 7) is 3.04. The van der Waals surface area contributed by atoms with Gasteiger partial charge in [-0.1, -0.05) is 97.1 Å². The standard InChI is InChI=1S/C38H35N5OS/c44-37(35-17-10-26-45-35)43-24-22-42(23-25-43)33-20-18-32(19-21-33)41-36(34-27-39-28-40-34)38(29-11-4-1-5-12-29,30-13-6-2-7-14-30)31-15-8-3-9-16-31/h1-21,26-28,36,41H,22-25H2,(H,39,40). The van der Waals surface area contributed by atoms with Gasteiger partial charge in [-0.05, 0) is 52.4 Å². The van der Waals surface area contributed by atoms with Crippen molar-refractivity contribution in [3.05, 3.63) is 173 Å². The zero-order chi connectivity index (χ0) is 30.5. The highest BCUT2D eigenvalue weighted by molar-refractivity contribution is 7.12. The maximum absolute atomic E-state index is 12.8. The Morgan fingerprint density at radius 3 is 1.80 bits per heavy atom. The smallest absolute Gasteiger partial charge is 0.264 e. The van der Waals surface area contributed by atoms with Crippen LogP contribution >= 0.6 is 11.3 Å².